The molecule has 0 aliphatic rings. The molecule has 2 N–H and O–H groups in total. The van der Waals surface area contributed by atoms with Gasteiger partial charge in [0.2, 0.25) is 5.78 Å². The maximum absolute atomic E-state index is 11.6. The topological polar surface area (TPSA) is 101 Å². The summed E-state index contributed by atoms with van der Waals surface area (Å²) in [6, 6.07) is 2.99. The number of esters is 1. The zero-order valence-corrected chi connectivity index (χ0v) is 9.80. The van der Waals surface area contributed by atoms with Gasteiger partial charge in [-0.3, -0.25) is 4.79 Å². The predicted molar refractivity (Wildman–Crippen MR) is 62.7 cm³/mol. The zero-order chi connectivity index (χ0) is 13.5. The summed E-state index contributed by atoms with van der Waals surface area (Å²) in [5.41, 5.74) is -0.336. The van der Waals surface area contributed by atoms with E-state index in [1.807, 2.05) is 0 Å². The third-order valence-corrected chi connectivity index (χ3v) is 2.07. The molecule has 1 heterocycles. The van der Waals surface area contributed by atoms with Gasteiger partial charge in [0.25, 0.3) is 0 Å². The molecule has 0 amide bonds. The van der Waals surface area contributed by atoms with Crippen LogP contribution in [0.15, 0.2) is 34.1 Å². The molecule has 0 spiro atoms. The Morgan fingerprint density at radius 1 is 1.56 bits per heavy atom. The summed E-state index contributed by atoms with van der Waals surface area (Å²) in [7, 11) is 0. The molecule has 0 bridgehead atoms. The lowest BCUT2D eigenvalue weighted by molar-refractivity contribution is -0.138. The van der Waals surface area contributed by atoms with Crippen LogP contribution in [-0.2, 0) is 9.53 Å². The Morgan fingerprint density at radius 3 is 2.78 bits per heavy atom. The fourth-order valence-corrected chi connectivity index (χ4v) is 1.24. The van der Waals surface area contributed by atoms with E-state index in [0.717, 1.165) is 0 Å². The Bertz CT molecular complexity index is 473. The number of aliphatic hydroxyl groups is 1. The van der Waals surface area contributed by atoms with Crippen molar-refractivity contribution >= 4 is 18.0 Å². The summed E-state index contributed by atoms with van der Waals surface area (Å²) in [5, 5.41) is 16.7. The van der Waals surface area contributed by atoms with E-state index in [2.05, 4.69) is 4.74 Å². The first kappa shape index (κ1) is 13.7. The lowest BCUT2D eigenvalue weighted by Gasteiger charge is -2.04. The third kappa shape index (κ3) is 3.31. The number of carbonyl (C=O) groups is 2. The monoisotopic (exact) mass is 251 g/mol. The van der Waals surface area contributed by atoms with Gasteiger partial charge in [0.05, 0.1) is 19.3 Å². The Balaban J connectivity index is 2.83. The van der Waals surface area contributed by atoms with Crippen LogP contribution < -0.4 is 0 Å². The minimum absolute atomic E-state index is 0.0785. The number of carbonyl (C=O) groups excluding carboxylic acids is 2. The quantitative estimate of drug-likeness (QED) is 0.264. The predicted octanol–water partition coefficient (Wildman–Crippen LogP) is 1.88. The lowest BCUT2D eigenvalue weighted by atomic mass is 10.1. The summed E-state index contributed by atoms with van der Waals surface area (Å²) in [6.07, 6.45) is 1.57. The fourth-order valence-electron chi connectivity index (χ4n) is 1.24. The zero-order valence-electron chi connectivity index (χ0n) is 9.80. The van der Waals surface area contributed by atoms with Crippen molar-refractivity contribution in [3.63, 3.8) is 0 Å². The second kappa shape index (κ2) is 6.39. The number of nitrogens with one attached hydrogen (secondary N) is 1. The van der Waals surface area contributed by atoms with Crippen molar-refractivity contribution in [3.8, 4) is 0 Å². The molecule has 6 nitrogen and oxygen atoms in total. The molecule has 0 aliphatic carbocycles. The van der Waals surface area contributed by atoms with Crippen molar-refractivity contribution in [2.75, 3.05) is 6.61 Å². The van der Waals surface area contributed by atoms with Gasteiger partial charge >= 0.3 is 5.97 Å². The molecular weight excluding hydrogens is 238 g/mol. The molecule has 0 fully saturated rings. The minimum Gasteiger partial charge on any atom is -0.511 e. The average Bonchev–Trinajstić information content (AvgIpc) is 2.83. The summed E-state index contributed by atoms with van der Waals surface area (Å²) in [5.74, 6) is -1.75. The van der Waals surface area contributed by atoms with E-state index in [-0.39, 0.29) is 17.9 Å². The van der Waals surface area contributed by atoms with E-state index in [9.17, 15) is 14.7 Å². The summed E-state index contributed by atoms with van der Waals surface area (Å²) < 4.78 is 9.51. The van der Waals surface area contributed by atoms with Gasteiger partial charge in [0.1, 0.15) is 11.3 Å². The van der Waals surface area contributed by atoms with Gasteiger partial charge in [0.15, 0.2) is 5.76 Å². The number of hydrogen-bond acceptors (Lipinski definition) is 6. The normalized spacial score (nSPS) is 11.6. The van der Waals surface area contributed by atoms with Crippen LogP contribution in [0.5, 0.6) is 0 Å². The summed E-state index contributed by atoms with van der Waals surface area (Å²) in [6.45, 7) is 1.72. The van der Waals surface area contributed by atoms with E-state index < -0.39 is 23.9 Å². The molecule has 6 heteroatoms. The summed E-state index contributed by atoms with van der Waals surface area (Å²) >= 11 is 0. The number of rotatable bonds is 6. The van der Waals surface area contributed by atoms with Gasteiger partial charge in [-0.25, -0.2) is 4.79 Å². The highest BCUT2D eigenvalue weighted by molar-refractivity contribution is 6.10. The van der Waals surface area contributed by atoms with Gasteiger partial charge < -0.3 is 19.7 Å². The van der Waals surface area contributed by atoms with Crippen molar-refractivity contribution in [2.45, 2.75) is 13.3 Å². The van der Waals surface area contributed by atoms with Gasteiger partial charge in [-0.15, -0.1) is 0 Å². The first-order valence-corrected chi connectivity index (χ1v) is 5.26. The largest absolute Gasteiger partial charge is 0.511 e. The van der Waals surface area contributed by atoms with Crippen LogP contribution in [-0.4, -0.2) is 29.7 Å². The van der Waals surface area contributed by atoms with Crippen molar-refractivity contribution in [1.82, 2.24) is 0 Å². The molecule has 96 valence electrons. The van der Waals surface area contributed by atoms with Gasteiger partial charge in [0, 0.05) is 6.21 Å². The molecule has 0 unspecified atom stereocenters. The van der Waals surface area contributed by atoms with Crippen molar-refractivity contribution < 1.29 is 23.8 Å². The van der Waals surface area contributed by atoms with E-state index in [1.54, 1.807) is 6.92 Å². The van der Waals surface area contributed by atoms with Crippen LogP contribution in [0.3, 0.4) is 0 Å². The molecule has 0 atom stereocenters. The maximum Gasteiger partial charge on any atom is 0.343 e. The van der Waals surface area contributed by atoms with Crippen LogP contribution in [0.25, 0.3) is 0 Å². The van der Waals surface area contributed by atoms with E-state index in [1.165, 1.54) is 18.4 Å². The second-order valence-electron chi connectivity index (χ2n) is 3.30. The number of hydrogen-bond donors (Lipinski definition) is 2. The number of allylic oxidation sites excluding steroid dienone is 1. The standard InChI is InChI=1S/C12H13NO5/c1-2-17-12(16)8(7-13)9(14)6-10(15)11-4-3-5-18-11/h3-5,7,13-14H,2,6H2,1H3/b9-8+,13-7?. The molecule has 1 aromatic rings. The molecule has 1 rings (SSSR count). The smallest absolute Gasteiger partial charge is 0.343 e. The molecule has 0 saturated heterocycles. The Morgan fingerprint density at radius 2 is 2.28 bits per heavy atom. The molecular formula is C12H13NO5. The minimum atomic E-state index is -0.836. The highest BCUT2D eigenvalue weighted by Gasteiger charge is 2.18. The van der Waals surface area contributed by atoms with E-state index in [0.29, 0.717) is 6.21 Å². The summed E-state index contributed by atoms with van der Waals surface area (Å²) in [4.78, 5) is 23.0. The Hall–Kier alpha value is -2.37. The first-order valence-electron chi connectivity index (χ1n) is 5.26. The van der Waals surface area contributed by atoms with Gasteiger partial charge in [-0.05, 0) is 19.1 Å². The molecule has 18 heavy (non-hydrogen) atoms. The van der Waals surface area contributed by atoms with E-state index >= 15 is 0 Å². The van der Waals surface area contributed by atoms with Crippen LogP contribution >= 0.6 is 0 Å². The van der Waals surface area contributed by atoms with Crippen molar-refractivity contribution in [1.29, 1.82) is 5.41 Å². The molecule has 0 aromatic carbocycles. The SMILES string of the molecule is CCOC(=O)/C(C=N)=C(/O)CC(=O)c1ccco1. The van der Waals surface area contributed by atoms with Crippen LogP contribution in [0.4, 0.5) is 0 Å². The Labute approximate surface area is 103 Å². The van der Waals surface area contributed by atoms with Crippen LogP contribution in [0.2, 0.25) is 0 Å². The number of ether oxygens (including phenoxy) is 1. The van der Waals surface area contributed by atoms with Crippen LogP contribution in [0.1, 0.15) is 23.9 Å². The second-order valence-corrected chi connectivity index (χ2v) is 3.30. The number of furan rings is 1. The van der Waals surface area contributed by atoms with Crippen LogP contribution in [0, 0.1) is 5.41 Å². The highest BCUT2D eigenvalue weighted by Crippen LogP contribution is 2.12. The molecule has 1 aromatic heterocycles. The van der Waals surface area contributed by atoms with Crippen molar-refractivity contribution in [3.05, 3.63) is 35.5 Å². The van der Waals surface area contributed by atoms with Gasteiger partial charge in [-0.1, -0.05) is 0 Å². The first-order chi connectivity index (χ1) is 8.60. The Kier molecular flexibility index (Phi) is 4.86. The maximum atomic E-state index is 11.6. The lowest BCUT2D eigenvalue weighted by Crippen LogP contribution is -2.13. The molecule has 0 saturated carbocycles. The highest BCUT2D eigenvalue weighted by atomic mass is 16.5. The fraction of sp³-hybridized carbons (Fsp3) is 0.250. The third-order valence-electron chi connectivity index (χ3n) is 2.07. The van der Waals surface area contributed by atoms with Gasteiger partial charge in [-0.2, -0.15) is 0 Å². The number of aliphatic hydroxyl groups excluding tert-OH is 1. The van der Waals surface area contributed by atoms with Crippen molar-refractivity contribution in [2.24, 2.45) is 0 Å². The number of Topliss-reactive ketones (excluding diaryl/α,β-unsaturated/α-hetero) is 1. The molecule has 0 radical (unpaired) electrons. The molecule has 0 aliphatic heterocycles. The number of ketones is 1. The van der Waals surface area contributed by atoms with E-state index in [4.69, 9.17) is 9.83 Å². The average molecular weight is 251 g/mol.